The van der Waals surface area contributed by atoms with E-state index in [9.17, 15) is 4.79 Å². The maximum Gasteiger partial charge on any atom is 0.241 e. The van der Waals surface area contributed by atoms with E-state index < -0.39 is 0 Å². The Bertz CT molecular complexity index is 750. The lowest BCUT2D eigenvalue weighted by Gasteiger charge is -2.33. The number of amides is 1. The Balaban J connectivity index is 1.31. The van der Waals surface area contributed by atoms with Crippen LogP contribution in [0.2, 0.25) is 0 Å². The van der Waals surface area contributed by atoms with Crippen molar-refractivity contribution in [3.8, 4) is 0 Å². The molecule has 0 saturated carbocycles. The van der Waals surface area contributed by atoms with Crippen LogP contribution in [-0.4, -0.2) is 36.5 Å². The van der Waals surface area contributed by atoms with Gasteiger partial charge in [0.05, 0.1) is 6.54 Å². The Hall–Kier alpha value is -2.13. The summed E-state index contributed by atoms with van der Waals surface area (Å²) in [6, 6.07) is 19.4. The number of hydrogen-bond acceptors (Lipinski definition) is 2. The molecule has 2 aromatic rings. The van der Waals surface area contributed by atoms with Gasteiger partial charge in [-0.25, -0.2) is 0 Å². The van der Waals surface area contributed by atoms with Crippen molar-refractivity contribution >= 4 is 11.6 Å². The summed E-state index contributed by atoms with van der Waals surface area (Å²) < 4.78 is 0. The lowest BCUT2D eigenvalue weighted by Crippen LogP contribution is -2.45. The van der Waals surface area contributed by atoms with Crippen molar-refractivity contribution in [3.05, 3.63) is 65.7 Å². The normalized spacial score (nSPS) is 21.0. The quantitative estimate of drug-likeness (QED) is 0.836. The molecule has 0 radical (unpaired) electrons. The first-order valence-corrected chi connectivity index (χ1v) is 9.87. The fraction of sp³-hybridized carbons (Fsp3) is 0.435. The molecule has 0 aliphatic carbocycles. The van der Waals surface area contributed by atoms with Gasteiger partial charge in [-0.1, -0.05) is 48.5 Å². The van der Waals surface area contributed by atoms with Gasteiger partial charge in [0.1, 0.15) is 0 Å². The Kier molecular flexibility index (Phi) is 5.07. The first-order chi connectivity index (χ1) is 12.7. The van der Waals surface area contributed by atoms with Crippen LogP contribution in [-0.2, 0) is 17.6 Å². The molecule has 0 bridgehead atoms. The van der Waals surface area contributed by atoms with E-state index in [0.717, 1.165) is 31.1 Å². The molecule has 1 atom stereocenters. The van der Waals surface area contributed by atoms with Crippen molar-refractivity contribution in [2.24, 2.45) is 5.92 Å². The first-order valence-electron chi connectivity index (χ1n) is 9.87. The van der Waals surface area contributed by atoms with E-state index in [1.54, 1.807) is 0 Å². The Morgan fingerprint density at radius 1 is 1.00 bits per heavy atom. The van der Waals surface area contributed by atoms with Crippen LogP contribution in [0, 0.1) is 5.92 Å². The topological polar surface area (TPSA) is 23.6 Å². The molecule has 1 amide bonds. The molecule has 1 fully saturated rings. The van der Waals surface area contributed by atoms with Crippen LogP contribution in [0.25, 0.3) is 0 Å². The Labute approximate surface area is 156 Å². The van der Waals surface area contributed by atoms with Crippen LogP contribution in [0.5, 0.6) is 0 Å². The summed E-state index contributed by atoms with van der Waals surface area (Å²) >= 11 is 0. The number of benzene rings is 2. The second-order valence-corrected chi connectivity index (χ2v) is 7.85. The minimum atomic E-state index is 0.254. The predicted octanol–water partition coefficient (Wildman–Crippen LogP) is 3.92. The van der Waals surface area contributed by atoms with Gasteiger partial charge in [0.15, 0.2) is 0 Å². The molecule has 1 unspecified atom stereocenters. The van der Waals surface area contributed by atoms with Crippen LogP contribution >= 0.6 is 0 Å². The summed E-state index contributed by atoms with van der Waals surface area (Å²) in [5, 5.41) is 0. The monoisotopic (exact) mass is 348 g/mol. The van der Waals surface area contributed by atoms with E-state index in [2.05, 4.69) is 60.4 Å². The molecule has 26 heavy (non-hydrogen) atoms. The van der Waals surface area contributed by atoms with E-state index in [-0.39, 0.29) is 11.9 Å². The summed E-state index contributed by atoms with van der Waals surface area (Å²) in [5.41, 5.74) is 3.85. The number of likely N-dealkylation sites (tertiary alicyclic amines) is 1. The van der Waals surface area contributed by atoms with Crippen molar-refractivity contribution in [2.45, 2.75) is 38.6 Å². The molecule has 0 aromatic heterocycles. The van der Waals surface area contributed by atoms with Crippen molar-refractivity contribution < 1.29 is 4.79 Å². The SMILES string of the molecule is CC1Cc2ccccc2N1C(=O)CN1CCC(Cc2ccccc2)CC1. The number of fused-ring (bicyclic) bond motifs is 1. The molecular formula is C23H28N2O. The fourth-order valence-electron chi connectivity index (χ4n) is 4.51. The van der Waals surface area contributed by atoms with E-state index in [1.807, 2.05) is 11.0 Å². The van der Waals surface area contributed by atoms with Crippen LogP contribution < -0.4 is 4.90 Å². The highest BCUT2D eigenvalue weighted by Crippen LogP contribution is 2.32. The first kappa shape index (κ1) is 17.3. The molecule has 0 spiro atoms. The van der Waals surface area contributed by atoms with Gasteiger partial charge in [-0.2, -0.15) is 0 Å². The zero-order chi connectivity index (χ0) is 17.9. The van der Waals surface area contributed by atoms with Gasteiger partial charge < -0.3 is 4.90 Å². The maximum absolute atomic E-state index is 12.9. The standard InChI is InChI=1S/C23H28N2O/c1-18-15-21-9-5-6-10-22(21)25(18)23(26)17-24-13-11-20(12-14-24)16-19-7-3-2-4-8-19/h2-10,18,20H,11-17H2,1H3. The van der Waals surface area contributed by atoms with Crippen LogP contribution in [0.4, 0.5) is 5.69 Å². The third-order valence-corrected chi connectivity index (χ3v) is 5.91. The largest absolute Gasteiger partial charge is 0.308 e. The molecule has 3 heteroatoms. The highest BCUT2D eigenvalue weighted by molar-refractivity contribution is 5.97. The molecule has 0 N–H and O–H groups in total. The zero-order valence-electron chi connectivity index (χ0n) is 15.6. The fourth-order valence-corrected chi connectivity index (χ4v) is 4.51. The summed E-state index contributed by atoms with van der Waals surface area (Å²) in [6.07, 6.45) is 4.52. The summed E-state index contributed by atoms with van der Waals surface area (Å²) in [4.78, 5) is 17.3. The van der Waals surface area contributed by atoms with Gasteiger partial charge in [-0.15, -0.1) is 0 Å². The minimum absolute atomic E-state index is 0.254. The molecule has 2 heterocycles. The second-order valence-electron chi connectivity index (χ2n) is 7.85. The number of anilines is 1. The van der Waals surface area contributed by atoms with E-state index >= 15 is 0 Å². The highest BCUT2D eigenvalue weighted by Gasteiger charge is 2.32. The van der Waals surface area contributed by atoms with E-state index in [4.69, 9.17) is 0 Å². The number of rotatable bonds is 4. The van der Waals surface area contributed by atoms with Crippen LogP contribution in [0.1, 0.15) is 30.9 Å². The lowest BCUT2D eigenvalue weighted by atomic mass is 9.90. The maximum atomic E-state index is 12.9. The molecular weight excluding hydrogens is 320 g/mol. The molecule has 1 saturated heterocycles. The zero-order valence-corrected chi connectivity index (χ0v) is 15.6. The Morgan fingerprint density at radius 3 is 2.46 bits per heavy atom. The molecule has 2 aliphatic heterocycles. The van der Waals surface area contributed by atoms with Gasteiger partial charge in [0.2, 0.25) is 5.91 Å². The second kappa shape index (κ2) is 7.63. The lowest BCUT2D eigenvalue weighted by molar-refractivity contribution is -0.120. The van der Waals surface area contributed by atoms with E-state index in [0.29, 0.717) is 6.54 Å². The van der Waals surface area contributed by atoms with Gasteiger partial charge in [-0.05, 0) is 68.8 Å². The van der Waals surface area contributed by atoms with Crippen molar-refractivity contribution in [2.75, 3.05) is 24.5 Å². The number of para-hydroxylation sites is 1. The van der Waals surface area contributed by atoms with Crippen molar-refractivity contribution in [3.63, 3.8) is 0 Å². The molecule has 2 aliphatic rings. The van der Waals surface area contributed by atoms with Gasteiger partial charge in [0.25, 0.3) is 0 Å². The summed E-state index contributed by atoms with van der Waals surface area (Å²) in [7, 11) is 0. The van der Waals surface area contributed by atoms with E-state index in [1.165, 1.54) is 30.4 Å². The number of nitrogens with zero attached hydrogens (tertiary/aromatic N) is 2. The predicted molar refractivity (Wildman–Crippen MR) is 106 cm³/mol. The minimum Gasteiger partial charge on any atom is -0.308 e. The summed E-state index contributed by atoms with van der Waals surface area (Å²) in [5.74, 6) is 0.999. The van der Waals surface area contributed by atoms with Gasteiger partial charge in [0, 0.05) is 11.7 Å². The van der Waals surface area contributed by atoms with Crippen LogP contribution in [0.15, 0.2) is 54.6 Å². The highest BCUT2D eigenvalue weighted by atomic mass is 16.2. The third kappa shape index (κ3) is 3.68. The average Bonchev–Trinajstić information content (AvgIpc) is 3.00. The van der Waals surface area contributed by atoms with Crippen molar-refractivity contribution in [1.82, 2.24) is 4.90 Å². The molecule has 136 valence electrons. The van der Waals surface area contributed by atoms with Gasteiger partial charge >= 0.3 is 0 Å². The van der Waals surface area contributed by atoms with Crippen LogP contribution in [0.3, 0.4) is 0 Å². The number of hydrogen-bond donors (Lipinski definition) is 0. The number of piperidine rings is 1. The number of carbonyl (C=O) groups excluding carboxylic acids is 1. The van der Waals surface area contributed by atoms with Crippen molar-refractivity contribution in [1.29, 1.82) is 0 Å². The average molecular weight is 348 g/mol. The summed E-state index contributed by atoms with van der Waals surface area (Å²) in [6.45, 7) is 4.78. The van der Waals surface area contributed by atoms with Gasteiger partial charge in [-0.3, -0.25) is 9.69 Å². The smallest absolute Gasteiger partial charge is 0.241 e. The third-order valence-electron chi connectivity index (χ3n) is 5.91. The molecule has 4 rings (SSSR count). The number of carbonyl (C=O) groups is 1. The molecule has 3 nitrogen and oxygen atoms in total. The molecule has 2 aromatic carbocycles. The Morgan fingerprint density at radius 2 is 1.69 bits per heavy atom.